The lowest BCUT2D eigenvalue weighted by atomic mass is 9.90. The molecule has 116 valence electrons. The highest BCUT2D eigenvalue weighted by Gasteiger charge is 2.28. The summed E-state index contributed by atoms with van der Waals surface area (Å²) in [7, 11) is 0. The zero-order chi connectivity index (χ0) is 16.8. The van der Waals surface area contributed by atoms with E-state index in [1.165, 1.54) is 12.1 Å². The van der Waals surface area contributed by atoms with E-state index in [-0.39, 0.29) is 16.8 Å². The van der Waals surface area contributed by atoms with E-state index >= 15 is 0 Å². The third kappa shape index (κ3) is 1.90. The highest BCUT2D eigenvalue weighted by molar-refractivity contribution is 6.22. The zero-order valence-corrected chi connectivity index (χ0v) is 12.2. The highest BCUT2D eigenvalue weighted by Crippen LogP contribution is 2.38. The van der Waals surface area contributed by atoms with Crippen LogP contribution in [0.2, 0.25) is 0 Å². The molecular weight excluding hydrogens is 310 g/mol. The molecule has 0 saturated carbocycles. The molecule has 1 heterocycles. The van der Waals surface area contributed by atoms with Crippen LogP contribution >= 0.6 is 0 Å². The van der Waals surface area contributed by atoms with Gasteiger partial charge in [-0.25, -0.2) is 9.59 Å². The van der Waals surface area contributed by atoms with Crippen LogP contribution in [0.5, 0.6) is 0 Å². The number of rotatable bonds is 2. The maximum atomic E-state index is 12.0. The largest absolute Gasteiger partial charge is 0.386 e. The molecule has 1 aliphatic rings. The SMILES string of the molecule is O=C1OC(=O)c2ccc(-c3ccccc3[N+](=O)[O-])c3cccc1c23. The van der Waals surface area contributed by atoms with Crippen molar-refractivity contribution in [1.29, 1.82) is 0 Å². The molecule has 0 saturated heterocycles. The van der Waals surface area contributed by atoms with Gasteiger partial charge in [0, 0.05) is 11.5 Å². The van der Waals surface area contributed by atoms with Crippen LogP contribution in [0.1, 0.15) is 20.7 Å². The Labute approximate surface area is 135 Å². The number of nitro groups is 1. The molecule has 3 aromatic rings. The van der Waals surface area contributed by atoms with Crippen LogP contribution < -0.4 is 0 Å². The van der Waals surface area contributed by atoms with E-state index in [1.54, 1.807) is 42.5 Å². The highest BCUT2D eigenvalue weighted by atomic mass is 16.6. The number of ether oxygens (including phenoxy) is 1. The van der Waals surface area contributed by atoms with E-state index in [0.717, 1.165) is 0 Å². The first-order valence-electron chi connectivity index (χ1n) is 7.14. The molecule has 0 amide bonds. The molecule has 0 aromatic heterocycles. The van der Waals surface area contributed by atoms with Crippen LogP contribution in [0.25, 0.3) is 21.9 Å². The second-order valence-electron chi connectivity index (χ2n) is 5.34. The molecular formula is C18H9NO5. The van der Waals surface area contributed by atoms with Crippen molar-refractivity contribution < 1.29 is 19.2 Å². The van der Waals surface area contributed by atoms with Gasteiger partial charge in [-0.15, -0.1) is 0 Å². The smallest absolute Gasteiger partial charge is 0.346 e. The van der Waals surface area contributed by atoms with Gasteiger partial charge in [-0.05, 0) is 29.1 Å². The Morgan fingerprint density at radius 3 is 2.12 bits per heavy atom. The van der Waals surface area contributed by atoms with Crippen LogP contribution in [0.15, 0.2) is 54.6 Å². The Balaban J connectivity index is 2.12. The number of nitro benzene ring substituents is 1. The predicted molar refractivity (Wildman–Crippen MR) is 85.8 cm³/mol. The third-order valence-electron chi connectivity index (χ3n) is 4.06. The van der Waals surface area contributed by atoms with Gasteiger partial charge in [0.25, 0.3) is 5.69 Å². The Hall–Kier alpha value is -3.54. The summed E-state index contributed by atoms with van der Waals surface area (Å²) in [6.07, 6.45) is 0. The summed E-state index contributed by atoms with van der Waals surface area (Å²) < 4.78 is 4.72. The lowest BCUT2D eigenvalue weighted by Gasteiger charge is -2.17. The number of hydrogen-bond acceptors (Lipinski definition) is 5. The molecule has 0 atom stereocenters. The van der Waals surface area contributed by atoms with Crippen LogP contribution in [0, 0.1) is 10.1 Å². The fraction of sp³-hybridized carbons (Fsp3) is 0. The number of carbonyl (C=O) groups excluding carboxylic acids is 2. The van der Waals surface area contributed by atoms with Crippen molar-refractivity contribution >= 4 is 28.4 Å². The molecule has 0 spiro atoms. The van der Waals surface area contributed by atoms with Gasteiger partial charge in [-0.1, -0.05) is 30.3 Å². The van der Waals surface area contributed by atoms with Crippen LogP contribution in [-0.4, -0.2) is 16.9 Å². The number of esters is 2. The average molecular weight is 319 g/mol. The normalized spacial score (nSPS) is 13.0. The Kier molecular flexibility index (Phi) is 2.93. The second kappa shape index (κ2) is 4.99. The minimum atomic E-state index is -0.710. The summed E-state index contributed by atoms with van der Waals surface area (Å²) in [5, 5.41) is 12.4. The molecule has 0 unspecified atom stereocenters. The van der Waals surface area contributed by atoms with Gasteiger partial charge in [0.15, 0.2) is 0 Å². The van der Waals surface area contributed by atoms with E-state index in [2.05, 4.69) is 0 Å². The number of cyclic esters (lactones) is 2. The van der Waals surface area contributed by atoms with Gasteiger partial charge < -0.3 is 4.74 Å². The minimum Gasteiger partial charge on any atom is -0.386 e. The monoisotopic (exact) mass is 319 g/mol. The summed E-state index contributed by atoms with van der Waals surface area (Å²) in [4.78, 5) is 34.8. The van der Waals surface area contributed by atoms with Crippen molar-refractivity contribution in [2.24, 2.45) is 0 Å². The number of para-hydroxylation sites is 1. The van der Waals surface area contributed by atoms with E-state index in [9.17, 15) is 19.7 Å². The fourth-order valence-corrected chi connectivity index (χ4v) is 3.04. The molecule has 6 heteroatoms. The first-order valence-corrected chi connectivity index (χ1v) is 7.14. The Morgan fingerprint density at radius 2 is 1.38 bits per heavy atom. The van der Waals surface area contributed by atoms with Crippen molar-refractivity contribution in [2.45, 2.75) is 0 Å². The molecule has 4 rings (SSSR count). The molecule has 0 N–H and O–H groups in total. The van der Waals surface area contributed by atoms with Crippen molar-refractivity contribution in [3.05, 3.63) is 75.8 Å². The van der Waals surface area contributed by atoms with Crippen molar-refractivity contribution in [1.82, 2.24) is 0 Å². The van der Waals surface area contributed by atoms with Crippen LogP contribution in [0.3, 0.4) is 0 Å². The molecule has 6 nitrogen and oxygen atoms in total. The standard InChI is InChI=1S/C18H9NO5/c20-17-13-6-3-5-12-10(8-9-14(16(12)13)18(21)24-17)11-4-1-2-7-15(11)19(22)23/h1-9H. The van der Waals surface area contributed by atoms with Gasteiger partial charge >= 0.3 is 11.9 Å². The van der Waals surface area contributed by atoms with Crippen molar-refractivity contribution in [3.63, 3.8) is 0 Å². The minimum absolute atomic E-state index is 0.0390. The van der Waals surface area contributed by atoms with Gasteiger partial charge in [0.1, 0.15) is 0 Å². The maximum Gasteiger partial charge on any atom is 0.346 e. The number of nitrogens with zero attached hydrogens (tertiary/aromatic N) is 1. The number of hydrogen-bond donors (Lipinski definition) is 0. The maximum absolute atomic E-state index is 12.0. The lowest BCUT2D eigenvalue weighted by Crippen LogP contribution is -2.19. The number of benzene rings is 3. The van der Waals surface area contributed by atoms with E-state index in [0.29, 0.717) is 21.9 Å². The summed E-state index contributed by atoms with van der Waals surface area (Å²) in [6.45, 7) is 0. The first-order chi connectivity index (χ1) is 11.6. The molecule has 0 aliphatic carbocycles. The van der Waals surface area contributed by atoms with Gasteiger partial charge in [0.05, 0.1) is 21.6 Å². The van der Waals surface area contributed by atoms with Crippen molar-refractivity contribution in [2.75, 3.05) is 0 Å². The van der Waals surface area contributed by atoms with Crippen molar-refractivity contribution in [3.8, 4) is 11.1 Å². The molecule has 0 fully saturated rings. The fourth-order valence-electron chi connectivity index (χ4n) is 3.04. The Morgan fingerprint density at radius 1 is 0.750 bits per heavy atom. The molecule has 3 aromatic carbocycles. The second-order valence-corrected chi connectivity index (χ2v) is 5.34. The molecule has 24 heavy (non-hydrogen) atoms. The molecule has 0 radical (unpaired) electrons. The van der Waals surface area contributed by atoms with Gasteiger partial charge in [-0.2, -0.15) is 0 Å². The lowest BCUT2D eigenvalue weighted by molar-refractivity contribution is -0.384. The van der Waals surface area contributed by atoms with E-state index < -0.39 is 16.9 Å². The van der Waals surface area contributed by atoms with Gasteiger partial charge in [0.2, 0.25) is 0 Å². The van der Waals surface area contributed by atoms with Crippen LogP contribution in [-0.2, 0) is 4.74 Å². The zero-order valence-electron chi connectivity index (χ0n) is 12.2. The quantitative estimate of drug-likeness (QED) is 0.311. The molecule has 1 aliphatic heterocycles. The average Bonchev–Trinajstić information content (AvgIpc) is 2.59. The molecule has 0 bridgehead atoms. The summed E-state index contributed by atoms with van der Waals surface area (Å²) >= 11 is 0. The van der Waals surface area contributed by atoms with E-state index in [1.807, 2.05) is 0 Å². The topological polar surface area (TPSA) is 86.5 Å². The number of carbonyl (C=O) groups is 2. The first kappa shape index (κ1) is 14.1. The predicted octanol–water partition coefficient (Wildman–Crippen LogP) is 3.73. The summed E-state index contributed by atoms with van der Waals surface area (Å²) in [6, 6.07) is 14.5. The summed E-state index contributed by atoms with van der Waals surface area (Å²) in [5.74, 6) is -1.42. The van der Waals surface area contributed by atoms with Crippen LogP contribution in [0.4, 0.5) is 5.69 Å². The van der Waals surface area contributed by atoms with E-state index in [4.69, 9.17) is 4.74 Å². The summed E-state index contributed by atoms with van der Waals surface area (Å²) in [5.41, 5.74) is 1.54. The van der Waals surface area contributed by atoms with Gasteiger partial charge in [-0.3, -0.25) is 10.1 Å². The third-order valence-corrected chi connectivity index (χ3v) is 4.06. The Bertz CT molecular complexity index is 1030.